The third-order valence-electron chi connectivity index (χ3n) is 1.32. The Morgan fingerprint density at radius 2 is 2.38 bits per heavy atom. The summed E-state index contributed by atoms with van der Waals surface area (Å²) in [7, 11) is 0. The molecule has 0 aromatic rings. The Morgan fingerprint density at radius 1 is 1.77 bits per heavy atom. The van der Waals surface area contributed by atoms with Gasteiger partial charge in [0.15, 0.2) is 6.29 Å². The number of hydrogen-bond acceptors (Lipinski definition) is 5. The fraction of sp³-hybridized carbons (Fsp3) is 1.00. The van der Waals surface area contributed by atoms with Crippen LogP contribution in [0.25, 0.3) is 0 Å². The summed E-state index contributed by atoms with van der Waals surface area (Å²) in [5.74, 6) is 0. The van der Waals surface area contributed by atoms with E-state index in [0.29, 0.717) is 6.61 Å². The number of ether oxygens (including phenoxy) is 2. The van der Waals surface area contributed by atoms with Crippen LogP contribution in [0.4, 0.5) is 0 Å². The van der Waals surface area contributed by atoms with E-state index in [9.17, 15) is 4.89 Å². The van der Waals surface area contributed by atoms with Crippen molar-refractivity contribution in [2.75, 3.05) is 13.2 Å². The van der Waals surface area contributed by atoms with E-state index in [4.69, 9.17) is 14.4 Å². The Labute approximate surface area is 124 Å². The first-order valence-electron chi connectivity index (χ1n) is 3.43. The molecule has 0 bridgehead atoms. The second-order valence-electron chi connectivity index (χ2n) is 2.42. The molecule has 3 atom stereocenters. The van der Waals surface area contributed by atoms with Crippen molar-refractivity contribution >= 4 is 18.5 Å². The molecule has 0 aromatic carbocycles. The predicted octanol–water partition coefficient (Wildman–Crippen LogP) is -3.65. The van der Waals surface area contributed by atoms with Crippen molar-refractivity contribution in [1.82, 2.24) is 0 Å². The van der Waals surface area contributed by atoms with Gasteiger partial charge in [-0.25, -0.2) is 0 Å². The fourth-order valence-corrected chi connectivity index (χ4v) is 1.39. The first kappa shape index (κ1) is 15.1. The van der Waals surface area contributed by atoms with E-state index in [0.717, 1.165) is 0 Å². The molecular formula is C5H10KO5PS. The minimum absolute atomic E-state index is 0. The number of rotatable bonds is 3. The molecule has 1 aliphatic rings. The van der Waals surface area contributed by atoms with Gasteiger partial charge in [-0.1, -0.05) is 11.8 Å². The molecule has 1 heterocycles. The Hall–Kier alpha value is 2.09. The summed E-state index contributed by atoms with van der Waals surface area (Å²) in [6, 6.07) is 0. The van der Waals surface area contributed by atoms with Crippen LogP contribution < -0.4 is 56.3 Å². The van der Waals surface area contributed by atoms with E-state index in [1.807, 2.05) is 0 Å². The van der Waals surface area contributed by atoms with Crippen LogP contribution in [0.15, 0.2) is 0 Å². The van der Waals surface area contributed by atoms with Crippen LogP contribution in [0.3, 0.4) is 0 Å². The van der Waals surface area contributed by atoms with Crippen molar-refractivity contribution < 1.29 is 75.2 Å². The van der Waals surface area contributed by atoms with Gasteiger partial charge in [-0.15, -0.1) is 0 Å². The zero-order valence-corrected chi connectivity index (χ0v) is 12.3. The number of hydrogen-bond donors (Lipinski definition) is 1. The van der Waals surface area contributed by atoms with Crippen LogP contribution in [0.1, 0.15) is 6.92 Å². The van der Waals surface area contributed by atoms with Crippen molar-refractivity contribution in [3.8, 4) is 0 Å². The molecule has 0 spiro atoms. The van der Waals surface area contributed by atoms with Gasteiger partial charge < -0.3 is 23.8 Å². The minimum atomic E-state index is -3.79. The zero-order valence-electron chi connectivity index (χ0n) is 7.50. The Bertz CT molecular complexity index is 197. The molecule has 1 fully saturated rings. The van der Waals surface area contributed by atoms with E-state index in [1.54, 1.807) is 6.92 Å². The first-order chi connectivity index (χ1) is 5.47. The summed E-state index contributed by atoms with van der Waals surface area (Å²) in [4.78, 5) is 19.1. The molecule has 72 valence electrons. The van der Waals surface area contributed by atoms with Gasteiger partial charge in [0.1, 0.15) is 12.8 Å². The van der Waals surface area contributed by atoms with Gasteiger partial charge in [0.25, 0.3) is 0 Å². The Balaban J connectivity index is 0.00000144. The maximum Gasteiger partial charge on any atom is 1.00 e. The van der Waals surface area contributed by atoms with Gasteiger partial charge in [0.2, 0.25) is 0 Å². The molecule has 1 rings (SSSR count). The monoisotopic (exact) mass is 252 g/mol. The SMILES string of the molecule is C[C@@H]1OC[C@@H](COP([O-])(O)=S)O1.[K+]. The molecule has 5 nitrogen and oxygen atoms in total. The molecular weight excluding hydrogens is 242 g/mol. The van der Waals surface area contributed by atoms with Gasteiger partial charge >= 0.3 is 51.4 Å². The van der Waals surface area contributed by atoms with Gasteiger partial charge in [-0.3, -0.25) is 0 Å². The van der Waals surface area contributed by atoms with E-state index in [-0.39, 0.29) is 70.4 Å². The molecule has 0 saturated carbocycles. The third-order valence-corrected chi connectivity index (χ3v) is 2.12. The van der Waals surface area contributed by atoms with Crippen molar-refractivity contribution in [1.29, 1.82) is 0 Å². The van der Waals surface area contributed by atoms with Crippen LogP contribution in [0.5, 0.6) is 0 Å². The maximum atomic E-state index is 10.5. The molecule has 0 amide bonds. The summed E-state index contributed by atoms with van der Waals surface area (Å²) < 4.78 is 14.6. The molecule has 8 heteroatoms. The standard InChI is InChI=1S/C5H11O5PS.K/c1-4-8-2-5(10-4)3-9-11(6,7)12;/h4-5H,2-3H2,1H3,(H2,6,7,12);/q;+1/p-1/t4-,5+;/m1./s1. The van der Waals surface area contributed by atoms with Crippen LogP contribution in [0.2, 0.25) is 0 Å². The second-order valence-corrected chi connectivity index (χ2v) is 5.00. The van der Waals surface area contributed by atoms with Crippen LogP contribution >= 0.6 is 6.72 Å². The van der Waals surface area contributed by atoms with E-state index >= 15 is 0 Å². The van der Waals surface area contributed by atoms with Gasteiger partial charge in [0, 0.05) is 0 Å². The van der Waals surface area contributed by atoms with Crippen molar-refractivity contribution in [3.63, 3.8) is 0 Å². The van der Waals surface area contributed by atoms with Crippen molar-refractivity contribution in [2.45, 2.75) is 19.3 Å². The summed E-state index contributed by atoms with van der Waals surface area (Å²) in [6.07, 6.45) is -0.565. The first-order valence-corrected chi connectivity index (χ1v) is 6.02. The van der Waals surface area contributed by atoms with Crippen LogP contribution in [-0.2, 0) is 25.8 Å². The zero-order chi connectivity index (χ0) is 9.19. The van der Waals surface area contributed by atoms with Crippen molar-refractivity contribution in [2.24, 2.45) is 0 Å². The largest absolute Gasteiger partial charge is 1.00 e. The summed E-state index contributed by atoms with van der Waals surface area (Å²) in [5, 5.41) is 0. The topological polar surface area (TPSA) is 71.0 Å². The average molecular weight is 252 g/mol. The second kappa shape index (κ2) is 6.62. The van der Waals surface area contributed by atoms with E-state index in [1.165, 1.54) is 0 Å². The molecule has 0 aliphatic carbocycles. The molecule has 1 saturated heterocycles. The van der Waals surface area contributed by atoms with Gasteiger partial charge in [-0.05, 0) is 6.92 Å². The predicted molar refractivity (Wildman–Crippen MR) is 42.7 cm³/mol. The molecule has 1 N–H and O–H groups in total. The molecule has 1 unspecified atom stereocenters. The molecule has 0 radical (unpaired) electrons. The van der Waals surface area contributed by atoms with Crippen LogP contribution in [0, 0.1) is 0 Å². The average Bonchev–Trinajstić information content (AvgIpc) is 2.30. The summed E-state index contributed by atoms with van der Waals surface area (Å²) >= 11 is 4.14. The summed E-state index contributed by atoms with van der Waals surface area (Å²) in [6.45, 7) is -1.67. The van der Waals surface area contributed by atoms with Crippen LogP contribution in [-0.4, -0.2) is 30.5 Å². The maximum absolute atomic E-state index is 10.5. The van der Waals surface area contributed by atoms with Gasteiger partial charge in [-0.2, -0.15) is 0 Å². The molecule has 1 aliphatic heterocycles. The Kier molecular flexibility index (Phi) is 7.68. The third kappa shape index (κ3) is 7.05. The fourth-order valence-electron chi connectivity index (χ4n) is 0.857. The Morgan fingerprint density at radius 3 is 2.77 bits per heavy atom. The van der Waals surface area contributed by atoms with Crippen molar-refractivity contribution in [3.05, 3.63) is 0 Å². The smallest absolute Gasteiger partial charge is 0.780 e. The van der Waals surface area contributed by atoms with E-state index < -0.39 is 6.72 Å². The van der Waals surface area contributed by atoms with E-state index in [2.05, 4.69) is 16.3 Å². The normalized spacial score (nSPS) is 32.2. The molecule has 0 aromatic heterocycles. The van der Waals surface area contributed by atoms with Gasteiger partial charge in [0.05, 0.1) is 13.2 Å². The summed E-state index contributed by atoms with van der Waals surface area (Å²) in [5.41, 5.74) is 0. The molecule has 13 heavy (non-hydrogen) atoms. The minimum Gasteiger partial charge on any atom is -0.780 e. The quantitative estimate of drug-likeness (QED) is 0.412.